The predicted molar refractivity (Wildman–Crippen MR) is 101 cm³/mol. The Morgan fingerprint density at radius 3 is 1.29 bits per heavy atom. The number of hydrogen-bond acceptors (Lipinski definition) is 0. The maximum absolute atomic E-state index is 2.31. The maximum atomic E-state index is 2.31. The number of unbranched alkanes of at least 4 members (excludes halogenated alkanes) is 10. The van der Waals surface area contributed by atoms with Crippen LogP contribution in [0.5, 0.6) is 0 Å². The first-order valence-electron chi connectivity index (χ1n) is 9.38. The van der Waals surface area contributed by atoms with Gasteiger partial charge < -0.3 is 0 Å². The van der Waals surface area contributed by atoms with E-state index < -0.39 is 0 Å². The average molecular weight is 299 g/mol. The summed E-state index contributed by atoms with van der Waals surface area (Å²) in [6.45, 7) is 4.61. The molecule has 2 atom stereocenters. The molecular formula is C21H46. The van der Waals surface area contributed by atoms with Gasteiger partial charge >= 0.3 is 0 Å². The van der Waals surface area contributed by atoms with Crippen LogP contribution in [-0.4, -0.2) is 0 Å². The van der Waals surface area contributed by atoms with Gasteiger partial charge in [0.2, 0.25) is 0 Å². The molecule has 1 saturated carbocycles. The fourth-order valence-electron chi connectivity index (χ4n) is 3.39. The van der Waals surface area contributed by atoms with Gasteiger partial charge in [0.05, 0.1) is 0 Å². The fourth-order valence-corrected chi connectivity index (χ4v) is 3.39. The first-order chi connectivity index (χ1) is 9.38. The van der Waals surface area contributed by atoms with Crippen molar-refractivity contribution in [2.24, 2.45) is 11.8 Å². The summed E-state index contributed by atoms with van der Waals surface area (Å²) in [4.78, 5) is 0. The van der Waals surface area contributed by atoms with Crippen LogP contribution in [-0.2, 0) is 0 Å². The van der Waals surface area contributed by atoms with Crippen molar-refractivity contribution in [1.82, 2.24) is 0 Å². The van der Waals surface area contributed by atoms with Crippen molar-refractivity contribution in [1.29, 1.82) is 0 Å². The van der Waals surface area contributed by atoms with Gasteiger partial charge in [-0.2, -0.15) is 0 Å². The van der Waals surface area contributed by atoms with Gasteiger partial charge in [-0.3, -0.25) is 0 Å². The molecule has 0 spiro atoms. The summed E-state index contributed by atoms with van der Waals surface area (Å²) in [5, 5.41) is 0. The number of hydrogen-bond donors (Lipinski definition) is 0. The first kappa shape index (κ1) is 23.3. The molecule has 0 bridgehead atoms. The van der Waals surface area contributed by atoms with Gasteiger partial charge in [0.1, 0.15) is 0 Å². The van der Waals surface area contributed by atoms with E-state index in [4.69, 9.17) is 0 Å². The minimum atomic E-state index is 0. The average Bonchev–Trinajstić information content (AvgIpc) is 3.16. The lowest BCUT2D eigenvalue weighted by molar-refractivity contribution is 0.516. The second-order valence-corrected chi connectivity index (χ2v) is 6.87. The van der Waals surface area contributed by atoms with E-state index >= 15 is 0 Å². The molecule has 0 amide bonds. The monoisotopic (exact) mass is 298 g/mol. The van der Waals surface area contributed by atoms with E-state index in [-0.39, 0.29) is 14.9 Å². The van der Waals surface area contributed by atoms with Gasteiger partial charge in [0.25, 0.3) is 0 Å². The molecule has 1 aliphatic rings. The quantitative estimate of drug-likeness (QED) is 0.282. The molecule has 1 aliphatic carbocycles. The van der Waals surface area contributed by atoms with Crippen molar-refractivity contribution < 1.29 is 0 Å². The van der Waals surface area contributed by atoms with Crippen molar-refractivity contribution in [3.63, 3.8) is 0 Å². The highest BCUT2D eigenvalue weighted by molar-refractivity contribution is 4.85. The topological polar surface area (TPSA) is 0 Å². The van der Waals surface area contributed by atoms with E-state index in [0.29, 0.717) is 0 Å². The molecule has 0 nitrogen and oxygen atoms in total. The zero-order valence-corrected chi connectivity index (χ0v) is 13.8. The predicted octanol–water partition coefficient (Wildman–Crippen LogP) is 8.40. The minimum absolute atomic E-state index is 0. The molecule has 1 fully saturated rings. The van der Waals surface area contributed by atoms with Gasteiger partial charge in [0, 0.05) is 0 Å². The standard InChI is InChI=1S/C19H38.2CH4/c1-3-5-7-9-10-11-12-14-16-19-17-18(19)15-13-8-6-4-2;;/h18-19H,3-17H2,1-2H3;2*1H4. The molecule has 0 N–H and O–H groups in total. The maximum Gasteiger partial charge on any atom is -0.0383 e. The van der Waals surface area contributed by atoms with E-state index in [0.717, 1.165) is 11.8 Å². The lowest BCUT2D eigenvalue weighted by atomic mass is 10.0. The van der Waals surface area contributed by atoms with E-state index in [9.17, 15) is 0 Å². The molecular weight excluding hydrogens is 252 g/mol. The van der Waals surface area contributed by atoms with Gasteiger partial charge in [0.15, 0.2) is 0 Å². The van der Waals surface area contributed by atoms with Gasteiger partial charge in [-0.15, -0.1) is 0 Å². The molecule has 0 saturated heterocycles. The van der Waals surface area contributed by atoms with E-state index in [1.165, 1.54) is 77.0 Å². The van der Waals surface area contributed by atoms with Crippen LogP contribution < -0.4 is 0 Å². The van der Waals surface area contributed by atoms with Crippen molar-refractivity contribution >= 4 is 0 Å². The molecule has 0 aliphatic heterocycles. The first-order valence-corrected chi connectivity index (χ1v) is 9.38. The van der Waals surface area contributed by atoms with Crippen molar-refractivity contribution in [2.45, 2.75) is 125 Å². The van der Waals surface area contributed by atoms with E-state index in [1.807, 2.05) is 0 Å². The van der Waals surface area contributed by atoms with E-state index in [1.54, 1.807) is 19.3 Å². The Morgan fingerprint density at radius 1 is 0.524 bits per heavy atom. The molecule has 1 rings (SSSR count). The molecule has 0 radical (unpaired) electrons. The normalized spacial score (nSPS) is 19.7. The number of rotatable bonds is 14. The van der Waals surface area contributed by atoms with Crippen LogP contribution in [0.1, 0.15) is 125 Å². The van der Waals surface area contributed by atoms with Crippen LogP contribution in [0.4, 0.5) is 0 Å². The van der Waals surface area contributed by atoms with Crippen LogP contribution in [0.2, 0.25) is 0 Å². The Hall–Kier alpha value is 0. The Morgan fingerprint density at radius 2 is 0.857 bits per heavy atom. The summed E-state index contributed by atoms with van der Waals surface area (Å²) >= 11 is 0. The SMILES string of the molecule is C.C.CCCCCCCCCCC1CC1CCCCCC. The van der Waals surface area contributed by atoms with Gasteiger partial charge in [-0.1, -0.05) is 119 Å². The molecule has 2 unspecified atom stereocenters. The highest BCUT2D eigenvalue weighted by Crippen LogP contribution is 2.45. The molecule has 0 aromatic heterocycles. The van der Waals surface area contributed by atoms with Crippen LogP contribution in [0.15, 0.2) is 0 Å². The Balaban J connectivity index is 0. The Bertz CT molecular complexity index is 184. The zero-order valence-electron chi connectivity index (χ0n) is 13.8. The third-order valence-corrected chi connectivity index (χ3v) is 4.93. The van der Waals surface area contributed by atoms with E-state index in [2.05, 4.69) is 13.8 Å². The fraction of sp³-hybridized carbons (Fsp3) is 1.00. The third-order valence-electron chi connectivity index (χ3n) is 4.93. The largest absolute Gasteiger partial charge is 0.0776 e. The smallest absolute Gasteiger partial charge is 0.0383 e. The van der Waals surface area contributed by atoms with Crippen molar-refractivity contribution in [2.75, 3.05) is 0 Å². The summed E-state index contributed by atoms with van der Waals surface area (Å²) in [6.07, 6.45) is 22.3. The second kappa shape index (κ2) is 16.4. The molecule has 0 heterocycles. The summed E-state index contributed by atoms with van der Waals surface area (Å²) in [5.41, 5.74) is 0. The molecule has 0 aromatic rings. The van der Waals surface area contributed by atoms with Crippen molar-refractivity contribution in [3.05, 3.63) is 0 Å². The lowest BCUT2D eigenvalue weighted by Gasteiger charge is -2.02. The van der Waals surface area contributed by atoms with Crippen molar-refractivity contribution in [3.8, 4) is 0 Å². The molecule has 0 aromatic carbocycles. The second-order valence-electron chi connectivity index (χ2n) is 6.87. The lowest BCUT2D eigenvalue weighted by Crippen LogP contribution is -1.86. The highest BCUT2D eigenvalue weighted by atomic mass is 14.4. The minimum Gasteiger partial charge on any atom is -0.0776 e. The molecule has 0 heteroatoms. The zero-order chi connectivity index (χ0) is 13.8. The van der Waals surface area contributed by atoms with Crippen LogP contribution >= 0.6 is 0 Å². The molecule has 21 heavy (non-hydrogen) atoms. The highest BCUT2D eigenvalue weighted by Gasteiger charge is 2.34. The van der Waals surface area contributed by atoms with Gasteiger partial charge in [-0.05, 0) is 18.3 Å². The van der Waals surface area contributed by atoms with Gasteiger partial charge in [-0.25, -0.2) is 0 Å². The summed E-state index contributed by atoms with van der Waals surface area (Å²) in [6, 6.07) is 0. The summed E-state index contributed by atoms with van der Waals surface area (Å²) < 4.78 is 0. The molecule has 130 valence electrons. The Labute approximate surface area is 137 Å². The Kier molecular flexibility index (Phi) is 18.1. The van der Waals surface area contributed by atoms with Crippen LogP contribution in [0.3, 0.4) is 0 Å². The van der Waals surface area contributed by atoms with Crippen LogP contribution in [0, 0.1) is 11.8 Å². The third kappa shape index (κ3) is 13.4. The van der Waals surface area contributed by atoms with Crippen LogP contribution in [0.25, 0.3) is 0 Å². The summed E-state index contributed by atoms with van der Waals surface area (Å²) in [5.74, 6) is 2.28. The summed E-state index contributed by atoms with van der Waals surface area (Å²) in [7, 11) is 0.